The van der Waals surface area contributed by atoms with Crippen molar-refractivity contribution in [3.8, 4) is 0 Å². The first-order valence-electron chi connectivity index (χ1n) is 6.43. The Labute approximate surface area is 98.8 Å². The van der Waals surface area contributed by atoms with Crippen molar-refractivity contribution in [2.45, 2.75) is 58.3 Å². The van der Waals surface area contributed by atoms with Crippen molar-refractivity contribution < 1.29 is 9.90 Å². The van der Waals surface area contributed by atoms with Crippen LogP contribution >= 0.6 is 0 Å². The highest BCUT2D eigenvalue weighted by molar-refractivity contribution is 5.73. The summed E-state index contributed by atoms with van der Waals surface area (Å²) in [5, 5.41) is 13.4. The first-order valence-corrected chi connectivity index (χ1v) is 6.43. The topological polar surface area (TPSA) is 61.4 Å². The Morgan fingerprint density at radius 1 is 0.938 bits per heavy atom. The molecule has 0 aromatic carbocycles. The Morgan fingerprint density at radius 3 is 2.06 bits per heavy atom. The molecule has 0 fully saturated rings. The first-order chi connectivity index (χ1) is 7.81. The van der Waals surface area contributed by atoms with Crippen LogP contribution in [-0.4, -0.2) is 24.4 Å². The van der Waals surface area contributed by atoms with Crippen LogP contribution in [0.25, 0.3) is 0 Å². The summed E-state index contributed by atoms with van der Waals surface area (Å²) >= 11 is 0. The number of carbonyl (C=O) groups is 1. The molecule has 0 aliphatic carbocycles. The van der Waals surface area contributed by atoms with Gasteiger partial charge in [-0.15, -0.1) is 0 Å². The summed E-state index contributed by atoms with van der Waals surface area (Å²) < 4.78 is 0. The number of hydrogen-bond acceptors (Lipinski definition) is 2. The average Bonchev–Trinajstić information content (AvgIpc) is 2.27. The quantitative estimate of drug-likeness (QED) is 0.398. The molecule has 4 heteroatoms. The second kappa shape index (κ2) is 12.3. The molecule has 0 rings (SSSR count). The molecule has 0 aliphatic heterocycles. The SMILES string of the molecule is CCCCCCCCCCNC(=O)NCO. The molecule has 3 N–H and O–H groups in total. The van der Waals surface area contributed by atoms with E-state index in [2.05, 4.69) is 17.6 Å². The second-order valence-electron chi connectivity index (χ2n) is 4.07. The Kier molecular flexibility index (Phi) is 11.7. The molecule has 0 heterocycles. The number of nitrogens with one attached hydrogen (secondary N) is 2. The van der Waals surface area contributed by atoms with E-state index in [0.29, 0.717) is 6.54 Å². The predicted octanol–water partition coefficient (Wildman–Crippen LogP) is 2.38. The molecular weight excluding hydrogens is 204 g/mol. The Balaban J connectivity index is 3.01. The molecule has 0 spiro atoms. The molecule has 2 amide bonds. The highest BCUT2D eigenvalue weighted by atomic mass is 16.3. The van der Waals surface area contributed by atoms with Crippen molar-refractivity contribution in [2.75, 3.05) is 13.3 Å². The van der Waals surface area contributed by atoms with E-state index in [0.717, 1.165) is 6.42 Å². The number of carbonyl (C=O) groups excluding carboxylic acids is 1. The molecule has 0 unspecified atom stereocenters. The molecule has 0 saturated heterocycles. The normalized spacial score (nSPS) is 10.1. The van der Waals surface area contributed by atoms with Crippen LogP contribution in [0, 0.1) is 0 Å². The van der Waals surface area contributed by atoms with Gasteiger partial charge in [0.05, 0.1) is 0 Å². The van der Waals surface area contributed by atoms with Gasteiger partial charge in [-0.05, 0) is 6.42 Å². The fraction of sp³-hybridized carbons (Fsp3) is 0.917. The smallest absolute Gasteiger partial charge is 0.316 e. The maximum absolute atomic E-state index is 10.9. The third kappa shape index (κ3) is 11.3. The van der Waals surface area contributed by atoms with E-state index in [1.54, 1.807) is 0 Å². The molecule has 0 atom stereocenters. The van der Waals surface area contributed by atoms with Gasteiger partial charge >= 0.3 is 6.03 Å². The lowest BCUT2D eigenvalue weighted by Crippen LogP contribution is -2.36. The van der Waals surface area contributed by atoms with Gasteiger partial charge in [-0.2, -0.15) is 0 Å². The predicted molar refractivity (Wildman–Crippen MR) is 66.2 cm³/mol. The van der Waals surface area contributed by atoms with Gasteiger partial charge in [-0.1, -0.05) is 51.9 Å². The molecule has 96 valence electrons. The summed E-state index contributed by atoms with van der Waals surface area (Å²) in [5.41, 5.74) is 0. The number of amides is 2. The summed E-state index contributed by atoms with van der Waals surface area (Å²) in [6, 6.07) is -0.287. The summed E-state index contributed by atoms with van der Waals surface area (Å²) in [7, 11) is 0. The molecular formula is C12H26N2O2. The standard InChI is InChI=1S/C12H26N2O2/c1-2-3-4-5-6-7-8-9-10-13-12(16)14-11-15/h15H,2-11H2,1H3,(H2,13,14,16). The van der Waals surface area contributed by atoms with Crippen molar-refractivity contribution in [3.05, 3.63) is 0 Å². The Bertz CT molecular complexity index is 163. The van der Waals surface area contributed by atoms with E-state index in [4.69, 9.17) is 5.11 Å². The van der Waals surface area contributed by atoms with E-state index in [1.807, 2.05) is 0 Å². The third-order valence-electron chi connectivity index (χ3n) is 2.56. The van der Waals surface area contributed by atoms with Gasteiger partial charge in [0.1, 0.15) is 6.73 Å². The van der Waals surface area contributed by atoms with E-state index in [-0.39, 0.29) is 12.8 Å². The maximum Gasteiger partial charge on any atom is 0.316 e. The fourth-order valence-corrected chi connectivity index (χ4v) is 1.60. The number of rotatable bonds is 10. The van der Waals surface area contributed by atoms with Gasteiger partial charge in [-0.3, -0.25) is 0 Å². The number of hydrogen-bond donors (Lipinski definition) is 3. The minimum atomic E-state index is -0.302. The van der Waals surface area contributed by atoms with E-state index >= 15 is 0 Å². The molecule has 0 radical (unpaired) electrons. The van der Waals surface area contributed by atoms with Gasteiger partial charge in [0.2, 0.25) is 0 Å². The van der Waals surface area contributed by atoms with Crippen LogP contribution in [-0.2, 0) is 0 Å². The molecule has 0 aliphatic rings. The number of aliphatic hydroxyl groups is 1. The van der Waals surface area contributed by atoms with Crippen LogP contribution in [0.4, 0.5) is 4.79 Å². The van der Waals surface area contributed by atoms with Crippen LogP contribution < -0.4 is 10.6 Å². The lowest BCUT2D eigenvalue weighted by Gasteiger charge is -2.05. The zero-order valence-electron chi connectivity index (χ0n) is 10.4. The highest BCUT2D eigenvalue weighted by Gasteiger charge is 1.96. The van der Waals surface area contributed by atoms with Crippen LogP contribution in [0.2, 0.25) is 0 Å². The van der Waals surface area contributed by atoms with Crippen molar-refractivity contribution >= 4 is 6.03 Å². The second-order valence-corrected chi connectivity index (χ2v) is 4.07. The zero-order chi connectivity index (χ0) is 12.1. The van der Waals surface area contributed by atoms with E-state index in [1.165, 1.54) is 44.9 Å². The number of unbranched alkanes of at least 4 members (excludes halogenated alkanes) is 7. The lowest BCUT2D eigenvalue weighted by atomic mass is 10.1. The molecule has 4 nitrogen and oxygen atoms in total. The summed E-state index contributed by atoms with van der Waals surface area (Å²) in [6.45, 7) is 2.62. The Hall–Kier alpha value is -0.770. The zero-order valence-corrected chi connectivity index (χ0v) is 10.4. The average molecular weight is 230 g/mol. The fourth-order valence-electron chi connectivity index (χ4n) is 1.60. The summed E-state index contributed by atoms with van der Waals surface area (Å²) in [5.74, 6) is 0. The van der Waals surface area contributed by atoms with Crippen molar-refractivity contribution in [1.82, 2.24) is 10.6 Å². The largest absolute Gasteiger partial charge is 0.376 e. The van der Waals surface area contributed by atoms with Crippen molar-refractivity contribution in [3.63, 3.8) is 0 Å². The minimum Gasteiger partial charge on any atom is -0.376 e. The molecule has 0 bridgehead atoms. The minimum absolute atomic E-state index is 0.287. The number of aliphatic hydroxyl groups excluding tert-OH is 1. The Morgan fingerprint density at radius 2 is 1.50 bits per heavy atom. The monoisotopic (exact) mass is 230 g/mol. The molecule has 0 aromatic rings. The van der Waals surface area contributed by atoms with Crippen LogP contribution in [0.3, 0.4) is 0 Å². The van der Waals surface area contributed by atoms with Gasteiger partial charge in [0, 0.05) is 6.54 Å². The van der Waals surface area contributed by atoms with Gasteiger partial charge in [0.15, 0.2) is 0 Å². The van der Waals surface area contributed by atoms with Crippen molar-refractivity contribution in [1.29, 1.82) is 0 Å². The van der Waals surface area contributed by atoms with E-state index in [9.17, 15) is 4.79 Å². The maximum atomic E-state index is 10.9. The molecule has 0 aromatic heterocycles. The van der Waals surface area contributed by atoms with Gasteiger partial charge < -0.3 is 15.7 Å². The summed E-state index contributed by atoms with van der Waals surface area (Å²) in [6.07, 6.45) is 10.1. The first kappa shape index (κ1) is 15.2. The van der Waals surface area contributed by atoms with Crippen LogP contribution in [0.15, 0.2) is 0 Å². The van der Waals surface area contributed by atoms with Crippen LogP contribution in [0.5, 0.6) is 0 Å². The summed E-state index contributed by atoms with van der Waals surface area (Å²) in [4.78, 5) is 10.9. The third-order valence-corrected chi connectivity index (χ3v) is 2.56. The number of urea groups is 1. The lowest BCUT2D eigenvalue weighted by molar-refractivity contribution is 0.217. The van der Waals surface area contributed by atoms with Gasteiger partial charge in [0.25, 0.3) is 0 Å². The molecule has 0 saturated carbocycles. The highest BCUT2D eigenvalue weighted by Crippen LogP contribution is 2.07. The van der Waals surface area contributed by atoms with Crippen molar-refractivity contribution in [2.24, 2.45) is 0 Å². The molecule has 16 heavy (non-hydrogen) atoms. The van der Waals surface area contributed by atoms with Crippen LogP contribution in [0.1, 0.15) is 58.3 Å². The van der Waals surface area contributed by atoms with Gasteiger partial charge in [-0.25, -0.2) is 4.79 Å². The van der Waals surface area contributed by atoms with E-state index < -0.39 is 0 Å².